The molecule has 0 aromatic heterocycles. The number of aryl methyl sites for hydroxylation is 1. The van der Waals surface area contributed by atoms with Gasteiger partial charge in [-0.1, -0.05) is 62.4 Å². The summed E-state index contributed by atoms with van der Waals surface area (Å²) < 4.78 is 12.2. The zero-order chi connectivity index (χ0) is 29.0. The molecule has 2 fully saturated rings. The fraction of sp³-hybridized carbons (Fsp3) is 0.576. The molecular formula is C33H45LiN2O5S. The van der Waals surface area contributed by atoms with E-state index < -0.39 is 17.9 Å². The van der Waals surface area contributed by atoms with Gasteiger partial charge in [-0.25, -0.2) is 0 Å². The molecule has 7 nitrogen and oxygen atoms in total. The molecule has 9 heteroatoms. The van der Waals surface area contributed by atoms with Crippen LogP contribution < -0.4 is 29.3 Å². The van der Waals surface area contributed by atoms with Crippen molar-refractivity contribution in [2.24, 2.45) is 5.92 Å². The summed E-state index contributed by atoms with van der Waals surface area (Å²) in [5, 5.41) is 14.4. The number of hydrogen-bond donors (Lipinski definition) is 1. The number of benzene rings is 2. The van der Waals surface area contributed by atoms with Crippen LogP contribution in [0.2, 0.25) is 0 Å². The van der Waals surface area contributed by atoms with Gasteiger partial charge in [0.2, 0.25) is 0 Å². The number of nitrogens with one attached hydrogen (secondary N) is 1. The maximum Gasteiger partial charge on any atom is 1.00 e. The average Bonchev–Trinajstić information content (AvgIpc) is 2.99. The summed E-state index contributed by atoms with van der Waals surface area (Å²) in [5.74, 6) is -0.342. The van der Waals surface area contributed by atoms with Crippen molar-refractivity contribution in [2.45, 2.75) is 70.6 Å². The van der Waals surface area contributed by atoms with E-state index in [1.54, 1.807) is 6.07 Å². The van der Waals surface area contributed by atoms with Crippen molar-refractivity contribution < 1.29 is 43.0 Å². The largest absolute Gasteiger partial charge is 1.00 e. The molecular weight excluding hydrogens is 543 g/mol. The molecule has 4 rings (SSSR count). The van der Waals surface area contributed by atoms with E-state index in [0.29, 0.717) is 30.3 Å². The summed E-state index contributed by atoms with van der Waals surface area (Å²) in [4.78, 5) is 27.6. The topological polar surface area (TPSA) is 90.9 Å². The Morgan fingerprint density at radius 2 is 1.83 bits per heavy atom. The number of rotatable bonds is 14. The van der Waals surface area contributed by atoms with E-state index in [9.17, 15) is 14.7 Å². The van der Waals surface area contributed by atoms with Crippen LogP contribution in [0.3, 0.4) is 0 Å². The number of carbonyl (C=O) groups is 2. The molecule has 0 unspecified atom stereocenters. The quantitative estimate of drug-likeness (QED) is 0.334. The van der Waals surface area contributed by atoms with Crippen LogP contribution in [0, 0.1) is 12.8 Å². The first-order valence-corrected chi connectivity index (χ1v) is 16.4. The summed E-state index contributed by atoms with van der Waals surface area (Å²) in [6.07, 6.45) is 9.97. The Hall–Kier alpha value is -1.79. The summed E-state index contributed by atoms with van der Waals surface area (Å²) in [5.41, 5.74) is 4.21. The van der Waals surface area contributed by atoms with Crippen LogP contribution in [0.25, 0.3) is 11.1 Å². The zero-order valence-corrected chi connectivity index (χ0v) is 26.4. The van der Waals surface area contributed by atoms with Gasteiger partial charge in [0.05, 0.1) is 37.9 Å². The molecule has 2 aliphatic rings. The monoisotopic (exact) mass is 588 g/mol. The number of aliphatic carboxylic acids is 1. The molecule has 1 heterocycles. The summed E-state index contributed by atoms with van der Waals surface area (Å²) >= 11 is 1.54. The smallest absolute Gasteiger partial charge is 0.548 e. The summed E-state index contributed by atoms with van der Waals surface area (Å²) in [6.45, 7) is 6.81. The zero-order valence-electron chi connectivity index (χ0n) is 25.6. The van der Waals surface area contributed by atoms with Crippen LogP contribution in [0.4, 0.5) is 0 Å². The first-order chi connectivity index (χ1) is 19.9. The van der Waals surface area contributed by atoms with Gasteiger partial charge in [-0.05, 0) is 72.1 Å². The molecule has 42 heavy (non-hydrogen) atoms. The third-order valence-electron chi connectivity index (χ3n) is 8.34. The molecule has 1 amide bonds. The van der Waals surface area contributed by atoms with Crippen molar-refractivity contribution in [1.29, 1.82) is 0 Å². The van der Waals surface area contributed by atoms with Crippen LogP contribution in [0.5, 0.6) is 0 Å². The van der Waals surface area contributed by atoms with Gasteiger partial charge < -0.3 is 24.7 Å². The van der Waals surface area contributed by atoms with Gasteiger partial charge in [0.15, 0.2) is 0 Å². The number of nitrogens with zero attached hydrogens (tertiary/aromatic N) is 1. The van der Waals surface area contributed by atoms with Crippen LogP contribution >= 0.6 is 11.8 Å². The van der Waals surface area contributed by atoms with E-state index in [0.717, 1.165) is 61.5 Å². The van der Waals surface area contributed by atoms with Gasteiger partial charge in [0.1, 0.15) is 0 Å². The fourth-order valence-electron chi connectivity index (χ4n) is 5.97. The summed E-state index contributed by atoms with van der Waals surface area (Å²) in [7, 11) is 0. The second-order valence-corrected chi connectivity index (χ2v) is 12.4. The van der Waals surface area contributed by atoms with Crippen molar-refractivity contribution >= 4 is 23.6 Å². The van der Waals surface area contributed by atoms with Crippen molar-refractivity contribution in [3.63, 3.8) is 0 Å². The van der Waals surface area contributed by atoms with E-state index in [2.05, 4.69) is 10.2 Å². The van der Waals surface area contributed by atoms with Crippen molar-refractivity contribution in [1.82, 2.24) is 10.2 Å². The second-order valence-electron chi connectivity index (χ2n) is 11.4. The maximum absolute atomic E-state index is 13.4. The molecule has 2 aromatic rings. The van der Waals surface area contributed by atoms with Crippen LogP contribution in [0.1, 0.15) is 66.4 Å². The minimum Gasteiger partial charge on any atom is -0.548 e. The van der Waals surface area contributed by atoms with Gasteiger partial charge >= 0.3 is 18.9 Å². The number of thioether (sulfide) groups is 1. The second kappa shape index (κ2) is 18.1. The minimum atomic E-state index is -1.26. The van der Waals surface area contributed by atoms with E-state index >= 15 is 0 Å². The van der Waals surface area contributed by atoms with Crippen molar-refractivity contribution in [2.75, 3.05) is 44.9 Å². The van der Waals surface area contributed by atoms with Gasteiger partial charge in [0.25, 0.3) is 5.91 Å². The number of hydrogen-bond acceptors (Lipinski definition) is 7. The molecule has 1 aliphatic carbocycles. The molecule has 1 saturated carbocycles. The Balaban J connectivity index is 0.00000484. The Morgan fingerprint density at radius 3 is 2.52 bits per heavy atom. The number of carboxylic acid groups (broad SMARTS) is 1. The van der Waals surface area contributed by atoms with Gasteiger partial charge in [0, 0.05) is 25.2 Å². The van der Waals surface area contributed by atoms with Crippen molar-refractivity contribution in [3.8, 4) is 11.1 Å². The van der Waals surface area contributed by atoms with Crippen LogP contribution in [0.15, 0.2) is 42.5 Å². The molecule has 1 saturated heterocycles. The van der Waals surface area contributed by atoms with E-state index in [1.807, 2.05) is 49.6 Å². The number of carbonyl (C=O) groups excluding carboxylic acids is 2. The molecule has 1 aliphatic heterocycles. The number of morpholine rings is 1. The van der Waals surface area contributed by atoms with Crippen LogP contribution in [-0.2, 0) is 20.9 Å². The van der Waals surface area contributed by atoms with Crippen LogP contribution in [-0.4, -0.2) is 73.8 Å². The third-order valence-corrected chi connectivity index (χ3v) is 8.98. The molecule has 0 bridgehead atoms. The Kier molecular flexibility index (Phi) is 15.0. The van der Waals surface area contributed by atoms with Gasteiger partial charge in [-0.3, -0.25) is 9.69 Å². The molecule has 2 atom stereocenters. The predicted molar refractivity (Wildman–Crippen MR) is 163 cm³/mol. The number of ether oxygens (including phenoxy) is 2. The molecule has 0 radical (unpaired) electrons. The first-order valence-electron chi connectivity index (χ1n) is 15.1. The van der Waals surface area contributed by atoms with E-state index in [4.69, 9.17) is 9.47 Å². The summed E-state index contributed by atoms with van der Waals surface area (Å²) in [6, 6.07) is 12.7. The molecule has 224 valence electrons. The normalized spacial score (nSPS) is 17.7. The Morgan fingerprint density at radius 1 is 1.10 bits per heavy atom. The molecule has 2 aromatic carbocycles. The maximum atomic E-state index is 13.4. The Labute approximate surface area is 267 Å². The molecule has 1 N–H and O–H groups in total. The SMILES string of the molecule is CSCC[C@H](NC(=O)c1ccc(CO[C@@H](CC2CCCCC2)CN2CCOCC2)cc1-c1ccccc1C)C(=O)[O-].[Li+]. The third kappa shape index (κ3) is 10.4. The number of amides is 1. The molecule has 0 spiro atoms. The van der Waals surface area contributed by atoms with E-state index in [-0.39, 0.29) is 25.0 Å². The average molecular weight is 589 g/mol. The Bertz CT molecular complexity index is 1120. The first kappa shape index (κ1) is 34.7. The fourth-order valence-corrected chi connectivity index (χ4v) is 6.44. The minimum absolute atomic E-state index is 0. The standard InChI is InChI=1S/C33H46N2O5S.Li/c1-24-8-6-7-11-28(24)30-21-26(12-13-29(30)32(36)34-31(33(37)38)14-19-41-2)23-40-27(20-25-9-4-3-5-10-25)22-35-15-17-39-18-16-35;/h6-8,11-13,21,25,27,31H,3-5,9-10,14-20,22-23H2,1-2H3,(H,34,36)(H,37,38);/q;+1/p-1/t27-,31-;/m0./s1. The van der Waals surface area contributed by atoms with Gasteiger partial charge in [-0.2, -0.15) is 11.8 Å². The predicted octanol–water partition coefficient (Wildman–Crippen LogP) is 1.46. The number of carboxylic acids is 1. The van der Waals surface area contributed by atoms with E-state index in [1.165, 1.54) is 43.9 Å². The van der Waals surface area contributed by atoms with Crippen molar-refractivity contribution in [3.05, 3.63) is 59.2 Å². The van der Waals surface area contributed by atoms with Gasteiger partial charge in [-0.15, -0.1) is 0 Å².